The fraction of sp³-hybridized carbons (Fsp3) is 0. The molecule has 6 heteroatoms. The van der Waals surface area contributed by atoms with E-state index in [-0.39, 0.29) is 0 Å². The number of para-hydroxylation sites is 1. The van der Waals surface area contributed by atoms with Crippen LogP contribution in [-0.4, -0.2) is 10.1 Å². The molecule has 1 aromatic carbocycles. The number of nitrogens with two attached hydrogens (primary N) is 1. The van der Waals surface area contributed by atoms with Crippen molar-refractivity contribution >= 4 is 17.3 Å². The average molecular weight is 262 g/mol. The molecule has 0 saturated heterocycles. The largest absolute Gasteiger partial charge is 0.461 e. The molecule has 3 aromatic rings. The quantitative estimate of drug-likeness (QED) is 0.717. The minimum absolute atomic E-state index is 0.307. The van der Waals surface area contributed by atoms with E-state index in [9.17, 15) is 0 Å². The van der Waals surface area contributed by atoms with E-state index in [0.717, 1.165) is 0 Å². The molecule has 0 saturated carbocycles. The van der Waals surface area contributed by atoms with E-state index < -0.39 is 0 Å². The highest BCUT2D eigenvalue weighted by atomic mass is 35.5. The molecule has 0 unspecified atom stereocenters. The van der Waals surface area contributed by atoms with E-state index in [4.69, 9.17) is 26.3 Å². The highest BCUT2D eigenvalue weighted by Gasteiger charge is 2.15. The molecule has 2 heterocycles. The van der Waals surface area contributed by atoms with Gasteiger partial charge in [0.1, 0.15) is 0 Å². The van der Waals surface area contributed by atoms with Gasteiger partial charge in [0.25, 0.3) is 5.89 Å². The lowest BCUT2D eigenvalue weighted by Gasteiger charge is -2.01. The number of halogens is 1. The van der Waals surface area contributed by atoms with Gasteiger partial charge >= 0.3 is 0 Å². The molecule has 5 nitrogen and oxygen atoms in total. The van der Waals surface area contributed by atoms with Crippen LogP contribution in [0.4, 0.5) is 5.69 Å². The van der Waals surface area contributed by atoms with Crippen LogP contribution in [0, 0.1) is 0 Å². The fourth-order valence-electron chi connectivity index (χ4n) is 1.56. The van der Waals surface area contributed by atoms with Gasteiger partial charge in [0.15, 0.2) is 5.76 Å². The summed E-state index contributed by atoms with van der Waals surface area (Å²) in [7, 11) is 0. The van der Waals surface area contributed by atoms with Gasteiger partial charge in [-0.25, -0.2) is 0 Å². The van der Waals surface area contributed by atoms with Gasteiger partial charge in [0.05, 0.1) is 22.5 Å². The van der Waals surface area contributed by atoms with Gasteiger partial charge in [-0.15, -0.1) is 0 Å². The Labute approximate surface area is 107 Å². The van der Waals surface area contributed by atoms with E-state index in [2.05, 4.69) is 10.1 Å². The smallest absolute Gasteiger partial charge is 0.260 e. The molecule has 0 spiro atoms. The number of benzene rings is 1. The Balaban J connectivity index is 2.06. The maximum absolute atomic E-state index is 5.94. The van der Waals surface area contributed by atoms with Crippen molar-refractivity contribution in [1.82, 2.24) is 10.1 Å². The Morgan fingerprint density at radius 2 is 2.06 bits per heavy atom. The second-order valence-electron chi connectivity index (χ2n) is 3.60. The molecule has 2 N–H and O–H groups in total. The highest BCUT2D eigenvalue weighted by Crippen LogP contribution is 2.31. The van der Waals surface area contributed by atoms with E-state index in [1.54, 1.807) is 36.6 Å². The maximum atomic E-state index is 5.94. The van der Waals surface area contributed by atoms with Crippen LogP contribution in [0.2, 0.25) is 5.02 Å². The summed E-state index contributed by atoms with van der Waals surface area (Å²) in [5, 5.41) is 4.28. The summed E-state index contributed by atoms with van der Waals surface area (Å²) in [6.07, 6.45) is 1.54. The number of hydrogen-bond acceptors (Lipinski definition) is 5. The zero-order chi connectivity index (χ0) is 12.5. The summed E-state index contributed by atoms with van der Waals surface area (Å²) >= 11 is 5.94. The summed E-state index contributed by atoms with van der Waals surface area (Å²) in [5.41, 5.74) is 6.87. The first-order valence-corrected chi connectivity index (χ1v) is 5.55. The zero-order valence-electron chi connectivity index (χ0n) is 9.13. The van der Waals surface area contributed by atoms with Gasteiger partial charge in [-0.1, -0.05) is 22.8 Å². The molecule has 3 rings (SSSR count). The first kappa shape index (κ1) is 10.9. The van der Waals surface area contributed by atoms with Gasteiger partial charge in [-0.05, 0) is 24.3 Å². The SMILES string of the molecule is Nc1c(Cl)cccc1-c1nc(-c2ccco2)no1. The molecule has 0 amide bonds. The molecule has 0 atom stereocenters. The second-order valence-corrected chi connectivity index (χ2v) is 4.01. The molecule has 0 bridgehead atoms. The number of nitrogen functional groups attached to an aromatic ring is 1. The third-order valence-corrected chi connectivity index (χ3v) is 2.78. The fourth-order valence-corrected chi connectivity index (χ4v) is 1.74. The van der Waals surface area contributed by atoms with Crippen LogP contribution in [0.5, 0.6) is 0 Å². The van der Waals surface area contributed by atoms with Crippen molar-refractivity contribution in [1.29, 1.82) is 0 Å². The monoisotopic (exact) mass is 261 g/mol. The standard InChI is InChI=1S/C12H8ClN3O2/c13-8-4-1-3-7(10(8)14)12-15-11(16-18-12)9-5-2-6-17-9/h1-6H,14H2. The van der Waals surface area contributed by atoms with E-state index >= 15 is 0 Å². The number of furan rings is 1. The first-order valence-electron chi connectivity index (χ1n) is 5.17. The van der Waals surface area contributed by atoms with Gasteiger partial charge in [-0.2, -0.15) is 4.98 Å². The number of anilines is 1. The topological polar surface area (TPSA) is 78.1 Å². The van der Waals surface area contributed by atoms with Gasteiger partial charge in [0.2, 0.25) is 5.82 Å². The summed E-state index contributed by atoms with van der Waals surface area (Å²) in [6.45, 7) is 0. The van der Waals surface area contributed by atoms with Crippen LogP contribution in [0.3, 0.4) is 0 Å². The number of hydrogen-bond donors (Lipinski definition) is 1. The summed E-state index contributed by atoms with van der Waals surface area (Å²) in [5.74, 6) is 1.21. The molecular formula is C12H8ClN3O2. The van der Waals surface area contributed by atoms with E-state index in [1.807, 2.05) is 0 Å². The third kappa shape index (κ3) is 1.74. The zero-order valence-corrected chi connectivity index (χ0v) is 9.89. The van der Waals surface area contributed by atoms with Crippen molar-refractivity contribution in [2.75, 3.05) is 5.73 Å². The Morgan fingerprint density at radius 1 is 1.17 bits per heavy atom. The first-order chi connectivity index (χ1) is 8.75. The molecular weight excluding hydrogens is 254 g/mol. The summed E-state index contributed by atoms with van der Waals surface area (Å²) in [4.78, 5) is 4.21. The summed E-state index contributed by atoms with van der Waals surface area (Å²) < 4.78 is 10.3. The highest BCUT2D eigenvalue weighted by molar-refractivity contribution is 6.33. The van der Waals surface area contributed by atoms with Crippen molar-refractivity contribution < 1.29 is 8.94 Å². The normalized spacial score (nSPS) is 10.7. The predicted octanol–water partition coefficient (Wildman–Crippen LogP) is 3.23. The van der Waals surface area contributed by atoms with E-state index in [1.165, 1.54) is 0 Å². The van der Waals surface area contributed by atoms with Crippen molar-refractivity contribution in [3.8, 4) is 23.0 Å². The number of nitrogens with zero attached hydrogens (tertiary/aromatic N) is 2. The van der Waals surface area contributed by atoms with Crippen LogP contribution < -0.4 is 5.73 Å². The van der Waals surface area contributed by atoms with E-state index in [0.29, 0.717) is 33.7 Å². The lowest BCUT2D eigenvalue weighted by molar-refractivity contribution is 0.429. The number of rotatable bonds is 2. The average Bonchev–Trinajstić information content (AvgIpc) is 3.01. The van der Waals surface area contributed by atoms with Crippen LogP contribution in [0.15, 0.2) is 45.5 Å². The van der Waals surface area contributed by atoms with Crippen LogP contribution in [0.1, 0.15) is 0 Å². The Morgan fingerprint density at radius 3 is 2.83 bits per heavy atom. The van der Waals surface area contributed by atoms with Crippen molar-refractivity contribution in [2.24, 2.45) is 0 Å². The van der Waals surface area contributed by atoms with Crippen molar-refractivity contribution in [3.63, 3.8) is 0 Å². The van der Waals surface area contributed by atoms with Gasteiger partial charge in [-0.3, -0.25) is 0 Å². The molecule has 0 aliphatic rings. The Hall–Kier alpha value is -2.27. The maximum Gasteiger partial charge on any atom is 0.260 e. The molecule has 2 aromatic heterocycles. The molecule has 0 aliphatic carbocycles. The molecule has 18 heavy (non-hydrogen) atoms. The minimum Gasteiger partial charge on any atom is -0.461 e. The third-order valence-electron chi connectivity index (χ3n) is 2.45. The number of aromatic nitrogens is 2. The van der Waals surface area contributed by atoms with Gasteiger partial charge < -0.3 is 14.7 Å². The molecule has 90 valence electrons. The predicted molar refractivity (Wildman–Crippen MR) is 66.9 cm³/mol. The Bertz CT molecular complexity index is 676. The van der Waals surface area contributed by atoms with Crippen LogP contribution >= 0.6 is 11.6 Å². The Kier molecular flexibility index (Phi) is 2.53. The molecule has 0 radical (unpaired) electrons. The van der Waals surface area contributed by atoms with Crippen LogP contribution in [-0.2, 0) is 0 Å². The van der Waals surface area contributed by atoms with Gasteiger partial charge in [0, 0.05) is 0 Å². The molecule has 0 aliphatic heterocycles. The lowest BCUT2D eigenvalue weighted by atomic mass is 10.2. The lowest BCUT2D eigenvalue weighted by Crippen LogP contribution is -1.91. The minimum atomic E-state index is 0.307. The van der Waals surface area contributed by atoms with Crippen molar-refractivity contribution in [3.05, 3.63) is 41.6 Å². The van der Waals surface area contributed by atoms with Crippen LogP contribution in [0.25, 0.3) is 23.0 Å². The summed E-state index contributed by atoms with van der Waals surface area (Å²) in [6, 6.07) is 8.73. The van der Waals surface area contributed by atoms with Crippen molar-refractivity contribution in [2.45, 2.75) is 0 Å². The molecule has 0 fully saturated rings. The second kappa shape index (κ2) is 4.19.